The number of rotatable bonds is 3. The van der Waals surface area contributed by atoms with Crippen LogP contribution in [0.5, 0.6) is 11.5 Å². The van der Waals surface area contributed by atoms with E-state index in [9.17, 15) is 0 Å². The molecule has 3 aromatic heterocycles. The number of methoxy groups -OCH3 is 1. The summed E-state index contributed by atoms with van der Waals surface area (Å²) in [6.07, 6.45) is 5.32. The largest absolute Gasteiger partial charge is 0.495 e. The number of ether oxygens (including phenoxy) is 2. The number of nitrogens with one attached hydrogen (secondary N) is 1. The minimum Gasteiger partial charge on any atom is -0.495 e. The van der Waals surface area contributed by atoms with E-state index in [4.69, 9.17) is 21.1 Å². The van der Waals surface area contributed by atoms with Crippen molar-refractivity contribution in [2.24, 2.45) is 0 Å². The van der Waals surface area contributed by atoms with Crippen molar-refractivity contribution < 1.29 is 9.47 Å². The third kappa shape index (κ3) is 3.15. The summed E-state index contributed by atoms with van der Waals surface area (Å²) in [7, 11) is 3.64. The maximum atomic E-state index is 6.57. The second kappa shape index (κ2) is 6.97. The molecule has 5 rings (SSSR count). The van der Waals surface area contributed by atoms with Gasteiger partial charge in [-0.1, -0.05) is 11.6 Å². The fraction of sp³-hybridized carbons (Fsp3) is 0.182. The van der Waals surface area contributed by atoms with Gasteiger partial charge in [0.15, 0.2) is 11.6 Å². The number of hydrogen-bond acceptors (Lipinski definition) is 5. The summed E-state index contributed by atoms with van der Waals surface area (Å²) in [4.78, 5) is 14.4. The molecule has 29 heavy (non-hydrogen) atoms. The number of nitrogens with zero attached hydrogens (tertiary/aromatic N) is 3. The molecule has 0 amide bonds. The van der Waals surface area contributed by atoms with Crippen molar-refractivity contribution >= 4 is 28.3 Å². The second-order valence-electron chi connectivity index (χ2n) is 7.03. The number of benzene rings is 1. The van der Waals surface area contributed by atoms with Crippen LogP contribution in [0, 0.1) is 0 Å². The van der Waals surface area contributed by atoms with Crippen LogP contribution in [-0.2, 0) is 0 Å². The van der Waals surface area contributed by atoms with Crippen molar-refractivity contribution in [2.75, 3.05) is 32.2 Å². The van der Waals surface area contributed by atoms with Gasteiger partial charge in [-0.05, 0) is 30.3 Å². The summed E-state index contributed by atoms with van der Waals surface area (Å²) in [6.45, 7) is 1.50. The van der Waals surface area contributed by atoms with Gasteiger partial charge in [-0.25, -0.2) is 4.98 Å². The molecule has 1 N–H and O–H groups in total. The third-order valence-corrected chi connectivity index (χ3v) is 5.47. The lowest BCUT2D eigenvalue weighted by Gasteiger charge is -2.26. The Morgan fingerprint density at radius 1 is 1.10 bits per heavy atom. The monoisotopic (exact) mass is 406 g/mol. The van der Waals surface area contributed by atoms with Crippen molar-refractivity contribution in [1.82, 2.24) is 15.0 Å². The summed E-state index contributed by atoms with van der Waals surface area (Å²) >= 11 is 6.57. The zero-order chi connectivity index (χ0) is 20.0. The topological polar surface area (TPSA) is 63.3 Å². The Hall–Kier alpha value is -3.25. The molecule has 0 saturated heterocycles. The number of pyridine rings is 2. The van der Waals surface area contributed by atoms with Gasteiger partial charge in [0.25, 0.3) is 0 Å². The highest BCUT2D eigenvalue weighted by molar-refractivity contribution is 6.34. The highest BCUT2D eigenvalue weighted by Gasteiger charge is 2.18. The van der Waals surface area contributed by atoms with E-state index in [-0.39, 0.29) is 0 Å². The fourth-order valence-corrected chi connectivity index (χ4v) is 3.86. The summed E-state index contributed by atoms with van der Waals surface area (Å²) < 4.78 is 11.1. The predicted octanol–water partition coefficient (Wildman–Crippen LogP) is 4.78. The highest BCUT2D eigenvalue weighted by atomic mass is 35.5. The molecule has 0 atom stereocenters. The molecule has 4 heterocycles. The zero-order valence-corrected chi connectivity index (χ0v) is 16.8. The Balaban J connectivity index is 1.57. The summed E-state index contributed by atoms with van der Waals surface area (Å²) in [5.41, 5.74) is 4.70. The zero-order valence-electron chi connectivity index (χ0n) is 16.1. The van der Waals surface area contributed by atoms with Gasteiger partial charge >= 0.3 is 0 Å². The van der Waals surface area contributed by atoms with Gasteiger partial charge in [-0.15, -0.1) is 0 Å². The molecule has 7 heteroatoms. The van der Waals surface area contributed by atoms with Crippen LogP contribution in [0.25, 0.3) is 33.3 Å². The Morgan fingerprint density at radius 2 is 2.00 bits per heavy atom. The quantitative estimate of drug-likeness (QED) is 0.530. The number of H-pyrrole nitrogens is 1. The van der Waals surface area contributed by atoms with Crippen LogP contribution in [0.1, 0.15) is 0 Å². The van der Waals surface area contributed by atoms with E-state index < -0.39 is 0 Å². The van der Waals surface area contributed by atoms with Crippen LogP contribution in [0.3, 0.4) is 0 Å². The van der Waals surface area contributed by atoms with Crippen LogP contribution < -0.4 is 14.4 Å². The van der Waals surface area contributed by atoms with E-state index in [1.165, 1.54) is 0 Å². The van der Waals surface area contributed by atoms with E-state index in [1.54, 1.807) is 19.5 Å². The van der Waals surface area contributed by atoms with Gasteiger partial charge < -0.3 is 19.4 Å². The molecule has 6 nitrogen and oxygen atoms in total. The molecule has 0 bridgehead atoms. The average molecular weight is 407 g/mol. The van der Waals surface area contributed by atoms with Gasteiger partial charge in [0.2, 0.25) is 0 Å². The van der Waals surface area contributed by atoms with Gasteiger partial charge in [0.1, 0.15) is 12.4 Å². The lowest BCUT2D eigenvalue weighted by atomic mass is 10.1. The molecular formula is C22H19ClN4O2. The van der Waals surface area contributed by atoms with Gasteiger partial charge in [-0.3, -0.25) is 4.98 Å². The molecular weight excluding hydrogens is 388 g/mol. The number of fused-ring (bicyclic) bond motifs is 2. The molecule has 1 aromatic carbocycles. The summed E-state index contributed by atoms with van der Waals surface area (Å²) in [5.74, 6) is 2.36. The maximum absolute atomic E-state index is 6.57. The number of anilines is 1. The number of likely N-dealkylation sites (N-methyl/N-ethyl adjacent to an activating group) is 1. The second-order valence-corrected chi connectivity index (χ2v) is 7.44. The lowest BCUT2D eigenvalue weighted by molar-refractivity contribution is 0.309. The van der Waals surface area contributed by atoms with Gasteiger partial charge in [-0.2, -0.15) is 0 Å². The highest BCUT2D eigenvalue weighted by Crippen LogP contribution is 2.37. The molecule has 0 saturated carbocycles. The number of halogens is 1. The molecule has 0 aliphatic carbocycles. The van der Waals surface area contributed by atoms with E-state index in [0.717, 1.165) is 51.4 Å². The third-order valence-electron chi connectivity index (χ3n) is 5.16. The Kier molecular flexibility index (Phi) is 4.28. The van der Waals surface area contributed by atoms with Crippen LogP contribution in [0.2, 0.25) is 5.02 Å². The average Bonchev–Trinajstić information content (AvgIpc) is 3.16. The van der Waals surface area contributed by atoms with E-state index in [1.807, 2.05) is 31.4 Å². The van der Waals surface area contributed by atoms with Crippen molar-refractivity contribution in [3.05, 3.63) is 53.9 Å². The molecule has 4 aromatic rings. The van der Waals surface area contributed by atoms with E-state index in [0.29, 0.717) is 17.4 Å². The smallest absolute Gasteiger partial charge is 0.171 e. The first-order valence-electron chi connectivity index (χ1n) is 9.28. The molecule has 1 aliphatic rings. The number of aromatic nitrogens is 3. The first-order chi connectivity index (χ1) is 14.1. The molecule has 0 radical (unpaired) electrons. The van der Waals surface area contributed by atoms with Crippen LogP contribution in [0.4, 0.5) is 5.82 Å². The molecule has 1 aliphatic heterocycles. The molecule has 146 valence electrons. The van der Waals surface area contributed by atoms with E-state index in [2.05, 4.69) is 32.0 Å². The van der Waals surface area contributed by atoms with Gasteiger partial charge in [0.05, 0.1) is 24.9 Å². The normalized spacial score (nSPS) is 13.3. The predicted molar refractivity (Wildman–Crippen MR) is 115 cm³/mol. The maximum Gasteiger partial charge on any atom is 0.171 e. The van der Waals surface area contributed by atoms with Crippen molar-refractivity contribution in [3.8, 4) is 33.9 Å². The van der Waals surface area contributed by atoms with Gasteiger partial charge in [0, 0.05) is 52.7 Å². The number of hydrogen-bond donors (Lipinski definition) is 1. The lowest BCUT2D eigenvalue weighted by Crippen LogP contribution is -2.29. The minimum absolute atomic E-state index is 0.648. The summed E-state index contributed by atoms with van der Waals surface area (Å²) in [6, 6.07) is 10.0. The first-order valence-corrected chi connectivity index (χ1v) is 9.66. The van der Waals surface area contributed by atoms with Crippen molar-refractivity contribution in [3.63, 3.8) is 0 Å². The Morgan fingerprint density at radius 3 is 2.86 bits per heavy atom. The molecule has 0 unspecified atom stereocenters. The van der Waals surface area contributed by atoms with Crippen molar-refractivity contribution in [2.45, 2.75) is 0 Å². The SMILES string of the molecule is COc1cncc(-c2cc3cc(-c4cnc5c(c4)OCCN5C)[nH]c3cc2Cl)c1. The minimum atomic E-state index is 0.648. The fourth-order valence-electron chi connectivity index (χ4n) is 3.58. The standard InChI is InChI=1S/C22H19ClN4O2/c1-27-3-4-29-21-8-15(11-25-22(21)27)19-7-13-6-17(18(23)9-20(13)26-19)14-5-16(28-2)12-24-10-14/h5-12,26H,3-4H2,1-2H3. The van der Waals surface area contributed by atoms with Crippen molar-refractivity contribution in [1.29, 1.82) is 0 Å². The number of aromatic amines is 1. The Labute approximate surface area is 173 Å². The summed E-state index contributed by atoms with van der Waals surface area (Å²) in [5, 5.41) is 1.70. The van der Waals surface area contributed by atoms with Crippen LogP contribution in [-0.4, -0.2) is 42.3 Å². The Bertz CT molecular complexity index is 1220. The van der Waals surface area contributed by atoms with E-state index >= 15 is 0 Å². The first kappa shape index (κ1) is 17.8. The molecule has 0 spiro atoms. The van der Waals surface area contributed by atoms with Crippen LogP contribution in [0.15, 0.2) is 48.9 Å². The molecule has 0 fully saturated rings. The van der Waals surface area contributed by atoms with Crippen LogP contribution >= 0.6 is 11.6 Å².